The number of para-hydroxylation sites is 2. The predicted molar refractivity (Wildman–Crippen MR) is 111 cm³/mol. The number of anilines is 1. The van der Waals surface area contributed by atoms with E-state index in [1.165, 1.54) is 24.3 Å². The number of phenolic OH excluding ortho intramolecular Hbond substituents is 1. The minimum Gasteiger partial charge on any atom is -0.508 e. The number of benzene rings is 3. The molecule has 0 atom stereocenters. The number of rotatable bonds is 6. The quantitative estimate of drug-likeness (QED) is 0.347. The molecule has 7 heteroatoms. The van der Waals surface area contributed by atoms with Crippen molar-refractivity contribution >= 4 is 28.7 Å². The third-order valence-corrected chi connectivity index (χ3v) is 4.45. The molecule has 3 N–H and O–H groups in total. The van der Waals surface area contributed by atoms with Crippen LogP contribution < -0.4 is 5.43 Å². The number of hydrogen-bond donors (Lipinski definition) is 3. The molecule has 4 aromatic rings. The highest BCUT2D eigenvalue weighted by Crippen LogP contribution is 2.21. The van der Waals surface area contributed by atoms with E-state index in [0.29, 0.717) is 18.1 Å². The SMILES string of the molecule is O=C(O)/C(=N\Nc1nc2ccccc2n1Cc1ccccc1)c1ccc(O)cc1. The number of carbonyl (C=O) groups is 1. The van der Waals surface area contributed by atoms with Gasteiger partial charge in [-0.2, -0.15) is 5.10 Å². The zero-order valence-electron chi connectivity index (χ0n) is 15.4. The molecule has 0 amide bonds. The molecule has 0 fully saturated rings. The molecule has 0 spiro atoms. The molecule has 0 aliphatic heterocycles. The molecule has 4 rings (SSSR count). The molecule has 0 aliphatic rings. The van der Waals surface area contributed by atoms with Crippen molar-refractivity contribution in [3.05, 3.63) is 90.0 Å². The van der Waals surface area contributed by atoms with Gasteiger partial charge in [0.05, 0.1) is 17.6 Å². The molecule has 0 bridgehead atoms. The fourth-order valence-electron chi connectivity index (χ4n) is 3.05. The Labute approximate surface area is 166 Å². The number of phenols is 1. The Hall–Kier alpha value is -4.13. The number of aromatic nitrogens is 2. The van der Waals surface area contributed by atoms with Crippen molar-refractivity contribution < 1.29 is 15.0 Å². The van der Waals surface area contributed by atoms with Gasteiger partial charge < -0.3 is 14.8 Å². The molecular weight excluding hydrogens is 368 g/mol. The van der Waals surface area contributed by atoms with Crippen molar-refractivity contribution in [1.82, 2.24) is 9.55 Å². The highest BCUT2D eigenvalue weighted by molar-refractivity contribution is 6.42. The van der Waals surface area contributed by atoms with Gasteiger partial charge in [0.2, 0.25) is 5.95 Å². The van der Waals surface area contributed by atoms with E-state index in [0.717, 1.165) is 16.6 Å². The van der Waals surface area contributed by atoms with Gasteiger partial charge in [0, 0.05) is 5.56 Å². The van der Waals surface area contributed by atoms with Crippen molar-refractivity contribution in [3.63, 3.8) is 0 Å². The van der Waals surface area contributed by atoms with Gasteiger partial charge in [0.1, 0.15) is 5.75 Å². The van der Waals surface area contributed by atoms with Gasteiger partial charge in [-0.15, -0.1) is 0 Å². The first-order valence-corrected chi connectivity index (χ1v) is 8.97. The van der Waals surface area contributed by atoms with Crippen LogP contribution in [-0.2, 0) is 11.3 Å². The fourth-order valence-corrected chi connectivity index (χ4v) is 3.05. The second-order valence-corrected chi connectivity index (χ2v) is 6.42. The number of nitrogens with zero attached hydrogens (tertiary/aromatic N) is 3. The van der Waals surface area contributed by atoms with Crippen LogP contribution in [0.25, 0.3) is 11.0 Å². The normalized spacial score (nSPS) is 11.5. The van der Waals surface area contributed by atoms with Gasteiger partial charge in [0.25, 0.3) is 0 Å². The predicted octanol–water partition coefficient (Wildman–Crippen LogP) is 3.69. The van der Waals surface area contributed by atoms with Crippen molar-refractivity contribution in [1.29, 1.82) is 0 Å². The van der Waals surface area contributed by atoms with Crippen LogP contribution in [0.4, 0.5) is 5.95 Å². The Kier molecular flexibility index (Phi) is 4.94. The number of carboxylic acids is 1. The first kappa shape index (κ1) is 18.2. The van der Waals surface area contributed by atoms with Crippen molar-refractivity contribution in [3.8, 4) is 5.75 Å². The standard InChI is InChI=1S/C22H18N4O3/c27-17-12-10-16(11-13-17)20(21(28)29)24-25-22-23-18-8-4-5-9-19(18)26(22)14-15-6-2-1-3-7-15/h1-13,27H,14H2,(H,23,25)(H,28,29)/b24-20-. The maximum Gasteiger partial charge on any atom is 0.356 e. The fraction of sp³-hybridized carbons (Fsp3) is 0.0455. The Bertz CT molecular complexity index is 1180. The molecule has 0 saturated carbocycles. The number of aromatic hydroxyl groups is 1. The lowest BCUT2D eigenvalue weighted by molar-refractivity contribution is -0.129. The van der Waals surface area contributed by atoms with Gasteiger partial charge in [-0.25, -0.2) is 15.2 Å². The molecule has 3 aromatic carbocycles. The summed E-state index contributed by atoms with van der Waals surface area (Å²) in [6.45, 7) is 0.556. The van der Waals surface area contributed by atoms with Gasteiger partial charge in [-0.05, 0) is 42.0 Å². The molecule has 144 valence electrons. The minimum absolute atomic E-state index is 0.0519. The molecule has 1 aromatic heterocycles. The van der Waals surface area contributed by atoms with E-state index in [1.807, 2.05) is 59.2 Å². The topological polar surface area (TPSA) is 99.7 Å². The summed E-state index contributed by atoms with van der Waals surface area (Å²) < 4.78 is 1.95. The molecule has 0 radical (unpaired) electrons. The summed E-state index contributed by atoms with van der Waals surface area (Å²) in [5.41, 5.74) is 5.78. The van der Waals surface area contributed by atoms with Gasteiger partial charge >= 0.3 is 5.97 Å². The van der Waals surface area contributed by atoms with Crippen molar-refractivity contribution in [2.24, 2.45) is 5.10 Å². The second-order valence-electron chi connectivity index (χ2n) is 6.42. The summed E-state index contributed by atoms with van der Waals surface area (Å²) in [6.07, 6.45) is 0. The third-order valence-electron chi connectivity index (χ3n) is 4.45. The van der Waals surface area contributed by atoms with E-state index in [2.05, 4.69) is 15.5 Å². The highest BCUT2D eigenvalue weighted by atomic mass is 16.4. The average molecular weight is 386 g/mol. The van der Waals surface area contributed by atoms with Crippen LogP contribution in [0.15, 0.2) is 84.0 Å². The van der Waals surface area contributed by atoms with E-state index in [-0.39, 0.29) is 11.5 Å². The Balaban J connectivity index is 1.73. The van der Waals surface area contributed by atoms with Gasteiger partial charge in [-0.1, -0.05) is 42.5 Å². The van der Waals surface area contributed by atoms with Crippen LogP contribution in [0.1, 0.15) is 11.1 Å². The zero-order valence-corrected chi connectivity index (χ0v) is 15.4. The van der Waals surface area contributed by atoms with Crippen LogP contribution >= 0.6 is 0 Å². The number of hydrogen-bond acceptors (Lipinski definition) is 5. The van der Waals surface area contributed by atoms with E-state index in [4.69, 9.17) is 0 Å². The van der Waals surface area contributed by atoms with Crippen molar-refractivity contribution in [2.75, 3.05) is 5.43 Å². The molecule has 0 aliphatic carbocycles. The maximum absolute atomic E-state index is 11.7. The monoisotopic (exact) mass is 386 g/mol. The molecular formula is C22H18N4O3. The Morgan fingerprint density at radius 2 is 1.66 bits per heavy atom. The van der Waals surface area contributed by atoms with Crippen LogP contribution in [0.2, 0.25) is 0 Å². The number of aliphatic carboxylic acids is 1. The summed E-state index contributed by atoms with van der Waals surface area (Å²) >= 11 is 0. The van der Waals surface area contributed by atoms with Crippen LogP contribution in [-0.4, -0.2) is 31.4 Å². The second kappa shape index (κ2) is 7.85. The van der Waals surface area contributed by atoms with Crippen LogP contribution in [0, 0.1) is 0 Å². The molecule has 7 nitrogen and oxygen atoms in total. The summed E-state index contributed by atoms with van der Waals surface area (Å²) in [6, 6.07) is 23.4. The lowest BCUT2D eigenvalue weighted by atomic mass is 10.1. The molecule has 1 heterocycles. The summed E-state index contributed by atoms with van der Waals surface area (Å²) in [4.78, 5) is 16.3. The molecule has 0 saturated heterocycles. The van der Waals surface area contributed by atoms with E-state index in [9.17, 15) is 15.0 Å². The maximum atomic E-state index is 11.7. The summed E-state index contributed by atoms with van der Waals surface area (Å²) in [5, 5.41) is 23.1. The van der Waals surface area contributed by atoms with Gasteiger partial charge in [-0.3, -0.25) is 0 Å². The minimum atomic E-state index is -1.19. The molecule has 0 unspecified atom stereocenters. The third kappa shape index (κ3) is 3.93. The van der Waals surface area contributed by atoms with Gasteiger partial charge in [0.15, 0.2) is 5.71 Å². The lowest BCUT2D eigenvalue weighted by Gasteiger charge is -2.09. The van der Waals surface area contributed by atoms with E-state index >= 15 is 0 Å². The number of imidazole rings is 1. The number of fused-ring (bicyclic) bond motifs is 1. The smallest absolute Gasteiger partial charge is 0.356 e. The van der Waals surface area contributed by atoms with Crippen molar-refractivity contribution in [2.45, 2.75) is 6.54 Å². The van der Waals surface area contributed by atoms with E-state index in [1.54, 1.807) is 0 Å². The lowest BCUT2D eigenvalue weighted by Crippen LogP contribution is -2.17. The molecule has 29 heavy (non-hydrogen) atoms. The van der Waals surface area contributed by atoms with Crippen LogP contribution in [0.3, 0.4) is 0 Å². The first-order valence-electron chi connectivity index (χ1n) is 8.97. The first-order chi connectivity index (χ1) is 14.1. The summed E-state index contributed by atoms with van der Waals surface area (Å²) in [7, 11) is 0. The van der Waals surface area contributed by atoms with E-state index < -0.39 is 5.97 Å². The largest absolute Gasteiger partial charge is 0.508 e. The van der Waals surface area contributed by atoms with Crippen LogP contribution in [0.5, 0.6) is 5.75 Å². The highest BCUT2D eigenvalue weighted by Gasteiger charge is 2.15. The Morgan fingerprint density at radius 3 is 2.38 bits per heavy atom. The number of carboxylic acid groups (broad SMARTS) is 1. The average Bonchev–Trinajstić information content (AvgIpc) is 3.07. The Morgan fingerprint density at radius 1 is 0.966 bits per heavy atom. The number of hydrazone groups is 1. The summed E-state index contributed by atoms with van der Waals surface area (Å²) in [5.74, 6) is -0.697. The zero-order chi connectivity index (χ0) is 20.2. The number of nitrogens with one attached hydrogen (secondary N) is 1.